The van der Waals surface area contributed by atoms with E-state index in [0.29, 0.717) is 0 Å². The quantitative estimate of drug-likeness (QED) is 0.435. The summed E-state index contributed by atoms with van der Waals surface area (Å²) in [6, 6.07) is 0. The zero-order chi connectivity index (χ0) is 15.9. The second-order valence-electron chi connectivity index (χ2n) is 6.19. The van der Waals surface area contributed by atoms with Gasteiger partial charge < -0.3 is 0 Å². The lowest BCUT2D eigenvalue weighted by atomic mass is 9.84. The fourth-order valence-corrected chi connectivity index (χ4v) is 2.04. The SMILES string of the molecule is C/C=C/C(=C\C(C)=C(C)\C(\C=C(/C)S)=C\C)C(C)(C)C. The van der Waals surface area contributed by atoms with Crippen LogP contribution in [-0.4, -0.2) is 0 Å². The average Bonchev–Trinajstić information content (AvgIpc) is 2.33. The van der Waals surface area contributed by atoms with E-state index >= 15 is 0 Å². The molecule has 0 aliphatic carbocycles. The minimum Gasteiger partial charge on any atom is -0.148 e. The van der Waals surface area contributed by atoms with Gasteiger partial charge in [-0.25, -0.2) is 0 Å². The molecule has 0 aromatic rings. The first-order chi connectivity index (χ1) is 9.13. The van der Waals surface area contributed by atoms with E-state index in [1.807, 2.05) is 6.92 Å². The molecular formula is C19H30S. The van der Waals surface area contributed by atoms with Crippen LogP contribution in [0, 0.1) is 5.41 Å². The second-order valence-corrected chi connectivity index (χ2v) is 6.89. The second kappa shape index (κ2) is 8.36. The van der Waals surface area contributed by atoms with Gasteiger partial charge in [0.05, 0.1) is 0 Å². The molecule has 1 heteroatoms. The van der Waals surface area contributed by atoms with E-state index in [1.165, 1.54) is 22.3 Å². The maximum Gasteiger partial charge on any atom is -0.0132 e. The van der Waals surface area contributed by atoms with Crippen LogP contribution < -0.4 is 0 Å². The van der Waals surface area contributed by atoms with Crippen molar-refractivity contribution in [3.8, 4) is 0 Å². The normalized spacial score (nSPS) is 16.8. The molecule has 0 aromatic heterocycles. The molecule has 0 saturated carbocycles. The maximum atomic E-state index is 4.37. The van der Waals surface area contributed by atoms with Gasteiger partial charge in [0.15, 0.2) is 0 Å². The van der Waals surface area contributed by atoms with Crippen molar-refractivity contribution in [3.05, 3.63) is 57.6 Å². The van der Waals surface area contributed by atoms with Crippen LogP contribution in [0.1, 0.15) is 55.4 Å². The Morgan fingerprint density at radius 2 is 1.50 bits per heavy atom. The monoisotopic (exact) mass is 290 g/mol. The minimum absolute atomic E-state index is 0.152. The zero-order valence-electron chi connectivity index (χ0n) is 14.3. The smallest absolute Gasteiger partial charge is 0.0132 e. The Hall–Kier alpha value is -0.950. The molecule has 112 valence electrons. The van der Waals surface area contributed by atoms with Crippen molar-refractivity contribution in [1.82, 2.24) is 0 Å². The van der Waals surface area contributed by atoms with Crippen molar-refractivity contribution in [2.45, 2.75) is 55.4 Å². The predicted molar refractivity (Wildman–Crippen MR) is 97.2 cm³/mol. The fraction of sp³-hybridized carbons (Fsp3) is 0.474. The predicted octanol–water partition coefficient (Wildman–Crippen LogP) is 6.65. The van der Waals surface area contributed by atoms with Crippen LogP contribution in [0.15, 0.2) is 57.6 Å². The molecule has 0 fully saturated rings. The summed E-state index contributed by atoms with van der Waals surface area (Å²) in [7, 11) is 0. The van der Waals surface area contributed by atoms with Crippen LogP contribution in [0.5, 0.6) is 0 Å². The summed E-state index contributed by atoms with van der Waals surface area (Å²) in [5.41, 5.74) is 5.33. The summed E-state index contributed by atoms with van der Waals surface area (Å²) in [6.45, 7) is 17.2. The molecule has 0 nitrogen and oxygen atoms in total. The molecule has 0 spiro atoms. The molecule has 0 atom stereocenters. The summed E-state index contributed by atoms with van der Waals surface area (Å²) < 4.78 is 0. The van der Waals surface area contributed by atoms with E-state index in [9.17, 15) is 0 Å². The number of rotatable bonds is 4. The first-order valence-corrected chi connectivity index (χ1v) is 7.64. The average molecular weight is 291 g/mol. The summed E-state index contributed by atoms with van der Waals surface area (Å²) in [5, 5.41) is 0. The van der Waals surface area contributed by atoms with Crippen molar-refractivity contribution in [3.63, 3.8) is 0 Å². The van der Waals surface area contributed by atoms with E-state index in [4.69, 9.17) is 0 Å². The molecule has 0 bridgehead atoms. The first kappa shape index (κ1) is 19.1. The van der Waals surface area contributed by atoms with E-state index in [-0.39, 0.29) is 5.41 Å². The van der Waals surface area contributed by atoms with Gasteiger partial charge in [0.1, 0.15) is 0 Å². The van der Waals surface area contributed by atoms with Gasteiger partial charge in [-0.05, 0) is 73.3 Å². The lowest BCUT2D eigenvalue weighted by Gasteiger charge is -2.21. The molecule has 0 N–H and O–H groups in total. The molecule has 0 aliphatic heterocycles. The summed E-state index contributed by atoms with van der Waals surface area (Å²) in [4.78, 5) is 1.03. The first-order valence-electron chi connectivity index (χ1n) is 7.19. The summed E-state index contributed by atoms with van der Waals surface area (Å²) in [6.07, 6.45) is 10.8. The number of thiol groups is 1. The van der Waals surface area contributed by atoms with Gasteiger partial charge in [0.25, 0.3) is 0 Å². The molecule has 0 saturated heterocycles. The van der Waals surface area contributed by atoms with Crippen molar-refractivity contribution in [2.75, 3.05) is 0 Å². The molecule has 0 heterocycles. The van der Waals surface area contributed by atoms with Crippen LogP contribution in [0.2, 0.25) is 0 Å². The van der Waals surface area contributed by atoms with Crippen LogP contribution in [0.3, 0.4) is 0 Å². The van der Waals surface area contributed by atoms with Gasteiger partial charge in [-0.15, -0.1) is 12.6 Å². The van der Waals surface area contributed by atoms with Crippen molar-refractivity contribution in [2.24, 2.45) is 5.41 Å². The third kappa shape index (κ3) is 6.47. The van der Waals surface area contributed by atoms with Crippen molar-refractivity contribution >= 4 is 12.6 Å². The zero-order valence-corrected chi connectivity index (χ0v) is 15.2. The highest BCUT2D eigenvalue weighted by molar-refractivity contribution is 7.84. The van der Waals surface area contributed by atoms with Crippen LogP contribution in [-0.2, 0) is 0 Å². The Morgan fingerprint density at radius 1 is 0.950 bits per heavy atom. The van der Waals surface area contributed by atoms with Gasteiger partial charge >= 0.3 is 0 Å². The maximum absolute atomic E-state index is 4.37. The fourth-order valence-electron chi connectivity index (χ4n) is 1.90. The molecular weight excluding hydrogens is 260 g/mol. The van der Waals surface area contributed by atoms with Gasteiger partial charge in [-0.2, -0.15) is 0 Å². The number of hydrogen-bond acceptors (Lipinski definition) is 1. The number of allylic oxidation sites excluding steroid dienone is 10. The standard InChI is InChI=1S/C19H30S/c1-9-11-18(19(6,7)8)12-14(3)16(5)17(10-2)13-15(4)20/h9-13,20H,1-8H3/b11-9+,15-13+,16-14+,17-10+,18-12+. The molecule has 0 aromatic carbocycles. The minimum atomic E-state index is 0.152. The van der Waals surface area contributed by atoms with Gasteiger partial charge in [-0.3, -0.25) is 0 Å². The highest BCUT2D eigenvalue weighted by Gasteiger charge is 2.14. The molecule has 20 heavy (non-hydrogen) atoms. The van der Waals surface area contributed by atoms with E-state index in [0.717, 1.165) is 4.91 Å². The summed E-state index contributed by atoms with van der Waals surface area (Å²) in [5.74, 6) is 0. The van der Waals surface area contributed by atoms with Gasteiger partial charge in [-0.1, -0.05) is 45.1 Å². The molecule has 0 aliphatic rings. The molecule has 0 amide bonds. The Labute approximate surface area is 131 Å². The van der Waals surface area contributed by atoms with Crippen molar-refractivity contribution in [1.29, 1.82) is 0 Å². The molecule has 0 radical (unpaired) electrons. The Bertz CT molecular complexity index is 470. The van der Waals surface area contributed by atoms with Crippen LogP contribution in [0.4, 0.5) is 0 Å². The largest absolute Gasteiger partial charge is 0.148 e. The highest BCUT2D eigenvalue weighted by Crippen LogP contribution is 2.29. The molecule has 0 rings (SSSR count). The Morgan fingerprint density at radius 3 is 1.85 bits per heavy atom. The number of hydrogen-bond donors (Lipinski definition) is 1. The lowest BCUT2D eigenvalue weighted by molar-refractivity contribution is 0.516. The lowest BCUT2D eigenvalue weighted by Crippen LogP contribution is -2.07. The summed E-state index contributed by atoms with van der Waals surface area (Å²) >= 11 is 4.37. The van der Waals surface area contributed by atoms with Gasteiger partial charge in [0, 0.05) is 0 Å². The van der Waals surface area contributed by atoms with E-state index in [2.05, 4.69) is 91.5 Å². The highest BCUT2D eigenvalue weighted by atomic mass is 32.1. The third-order valence-electron chi connectivity index (χ3n) is 3.28. The molecule has 0 unspecified atom stereocenters. The topological polar surface area (TPSA) is 0 Å². The van der Waals surface area contributed by atoms with Gasteiger partial charge in [0.2, 0.25) is 0 Å². The van der Waals surface area contributed by atoms with E-state index in [1.54, 1.807) is 0 Å². The van der Waals surface area contributed by atoms with Crippen LogP contribution >= 0.6 is 12.6 Å². The van der Waals surface area contributed by atoms with E-state index < -0.39 is 0 Å². The Kier molecular flexibility index (Phi) is 7.96. The van der Waals surface area contributed by atoms with Crippen molar-refractivity contribution < 1.29 is 0 Å². The Balaban J connectivity index is 5.76. The third-order valence-corrected chi connectivity index (χ3v) is 3.41. The van der Waals surface area contributed by atoms with Crippen LogP contribution in [0.25, 0.3) is 0 Å².